The summed E-state index contributed by atoms with van der Waals surface area (Å²) in [4.78, 5) is 23.2. The van der Waals surface area contributed by atoms with Crippen LogP contribution in [0.3, 0.4) is 0 Å². The van der Waals surface area contributed by atoms with Crippen LogP contribution in [-0.2, 0) is 14.3 Å². The third kappa shape index (κ3) is 8.03. The maximum absolute atomic E-state index is 14.0. The minimum Gasteiger partial charge on any atom is -0.505 e. The first-order chi connectivity index (χ1) is 14.8. The predicted octanol–water partition coefficient (Wildman–Crippen LogP) is 5.41. The Hall–Kier alpha value is -2.91. The van der Waals surface area contributed by atoms with E-state index in [1.807, 2.05) is 0 Å². The quantitative estimate of drug-likeness (QED) is 0.380. The summed E-state index contributed by atoms with van der Waals surface area (Å²) in [6.07, 6.45) is 0.685. The van der Waals surface area contributed by atoms with Crippen molar-refractivity contribution in [2.24, 2.45) is 0 Å². The number of hydrogen-bond acceptors (Lipinski definition) is 5. The minimum atomic E-state index is -1.07. The standard InChI is InChI=1S/C22H23BrFNO6/c1-2-30-19(5-3-4-6-20(27)28)21(14-7-12-18(26)17(24)13-14)31-22(29)25-16-10-8-15(23)9-11-16/h4,6-13,19,21,26H,2-3,5H2,1H3,(H,25,29)(H,27,28)/b6-4+/t19-,21-/m0/s1. The Bertz CT molecular complexity index is 919. The van der Waals surface area contributed by atoms with Crippen LogP contribution in [-0.4, -0.2) is 35.0 Å². The lowest BCUT2D eigenvalue weighted by Crippen LogP contribution is -2.29. The average molecular weight is 496 g/mol. The number of ether oxygens (including phenoxy) is 2. The first kappa shape index (κ1) is 24.4. The van der Waals surface area contributed by atoms with E-state index in [-0.39, 0.29) is 0 Å². The number of hydrogen-bond donors (Lipinski definition) is 3. The number of rotatable bonds is 10. The van der Waals surface area contributed by atoms with Crippen molar-refractivity contribution in [3.8, 4) is 5.75 Å². The lowest BCUT2D eigenvalue weighted by molar-refractivity contribution is -0.131. The molecule has 2 atom stereocenters. The summed E-state index contributed by atoms with van der Waals surface area (Å²) in [5.41, 5.74) is 0.795. The second-order valence-corrected chi connectivity index (χ2v) is 7.40. The van der Waals surface area contributed by atoms with Crippen molar-refractivity contribution in [1.29, 1.82) is 0 Å². The molecule has 0 aliphatic heterocycles. The van der Waals surface area contributed by atoms with Gasteiger partial charge in [0, 0.05) is 22.8 Å². The van der Waals surface area contributed by atoms with Gasteiger partial charge in [0.1, 0.15) is 0 Å². The number of carbonyl (C=O) groups is 2. The molecule has 2 aromatic rings. The Balaban J connectivity index is 2.24. The summed E-state index contributed by atoms with van der Waals surface area (Å²) < 4.78 is 26.1. The van der Waals surface area contributed by atoms with Crippen LogP contribution in [0.1, 0.15) is 31.4 Å². The van der Waals surface area contributed by atoms with E-state index in [9.17, 15) is 19.1 Å². The van der Waals surface area contributed by atoms with Gasteiger partial charge in [-0.15, -0.1) is 0 Å². The van der Waals surface area contributed by atoms with Crippen LogP contribution < -0.4 is 5.32 Å². The third-order valence-electron chi connectivity index (χ3n) is 4.22. The van der Waals surface area contributed by atoms with Crippen molar-refractivity contribution in [2.75, 3.05) is 11.9 Å². The molecule has 0 spiro atoms. The fourth-order valence-electron chi connectivity index (χ4n) is 2.84. The van der Waals surface area contributed by atoms with Crippen LogP contribution in [0.4, 0.5) is 14.9 Å². The molecule has 31 heavy (non-hydrogen) atoms. The van der Waals surface area contributed by atoms with Crippen molar-refractivity contribution < 1.29 is 33.7 Å². The van der Waals surface area contributed by atoms with Gasteiger partial charge in [0.05, 0.1) is 6.10 Å². The monoisotopic (exact) mass is 495 g/mol. The van der Waals surface area contributed by atoms with Gasteiger partial charge in [-0.1, -0.05) is 28.1 Å². The first-order valence-corrected chi connectivity index (χ1v) is 10.3. The Morgan fingerprint density at radius 1 is 1.23 bits per heavy atom. The molecule has 1 amide bonds. The van der Waals surface area contributed by atoms with Crippen LogP contribution >= 0.6 is 15.9 Å². The molecule has 2 aromatic carbocycles. The molecule has 0 unspecified atom stereocenters. The number of carboxylic acid groups (broad SMARTS) is 1. The summed E-state index contributed by atoms with van der Waals surface area (Å²) in [5.74, 6) is -2.46. The second kappa shape index (κ2) is 12.1. The molecule has 0 saturated carbocycles. The number of halogens is 2. The number of nitrogens with one attached hydrogen (secondary N) is 1. The van der Waals surface area contributed by atoms with Crippen LogP contribution in [0.2, 0.25) is 0 Å². The molecule has 3 N–H and O–H groups in total. The first-order valence-electron chi connectivity index (χ1n) is 9.52. The molecule has 0 aliphatic carbocycles. The highest BCUT2D eigenvalue weighted by atomic mass is 79.9. The molecule has 0 radical (unpaired) electrons. The van der Waals surface area contributed by atoms with Crippen LogP contribution in [0.15, 0.2) is 59.1 Å². The van der Waals surface area contributed by atoms with Crippen molar-refractivity contribution in [3.63, 3.8) is 0 Å². The van der Waals surface area contributed by atoms with Gasteiger partial charge in [-0.05, 0) is 61.7 Å². The van der Waals surface area contributed by atoms with E-state index >= 15 is 0 Å². The molecule has 0 aliphatic rings. The zero-order valence-electron chi connectivity index (χ0n) is 16.8. The number of aliphatic carboxylic acids is 1. The van der Waals surface area contributed by atoms with Crippen molar-refractivity contribution >= 4 is 33.7 Å². The molecule has 0 heterocycles. The van der Waals surface area contributed by atoms with Crippen molar-refractivity contribution in [2.45, 2.75) is 32.0 Å². The zero-order chi connectivity index (χ0) is 22.8. The van der Waals surface area contributed by atoms with Gasteiger partial charge < -0.3 is 19.7 Å². The maximum Gasteiger partial charge on any atom is 0.412 e. The normalized spacial score (nSPS) is 13.0. The van der Waals surface area contributed by atoms with Crippen molar-refractivity contribution in [1.82, 2.24) is 0 Å². The number of carboxylic acids is 1. The SMILES string of the molecule is CCO[C@@H](CC/C=C/C(=O)O)[C@@H](OC(=O)Nc1ccc(Br)cc1)c1ccc(O)c(F)c1. The molecule has 0 aromatic heterocycles. The van der Waals surface area contributed by atoms with Gasteiger partial charge in [0.2, 0.25) is 0 Å². The van der Waals surface area contributed by atoms with Gasteiger partial charge in [0.25, 0.3) is 0 Å². The summed E-state index contributed by atoms with van der Waals surface area (Å²) in [7, 11) is 0. The summed E-state index contributed by atoms with van der Waals surface area (Å²) in [5, 5.41) is 20.8. The summed E-state index contributed by atoms with van der Waals surface area (Å²) in [6.45, 7) is 2.05. The van der Waals surface area contributed by atoms with E-state index in [1.165, 1.54) is 18.2 Å². The highest BCUT2D eigenvalue weighted by Crippen LogP contribution is 2.30. The van der Waals surface area contributed by atoms with Gasteiger partial charge >= 0.3 is 12.1 Å². The fraction of sp³-hybridized carbons (Fsp3) is 0.273. The zero-order valence-corrected chi connectivity index (χ0v) is 18.3. The Morgan fingerprint density at radius 2 is 1.94 bits per heavy atom. The third-order valence-corrected chi connectivity index (χ3v) is 4.75. The van der Waals surface area contributed by atoms with Gasteiger partial charge in [0.15, 0.2) is 17.7 Å². The number of anilines is 1. The van der Waals surface area contributed by atoms with Gasteiger partial charge in [-0.3, -0.25) is 5.32 Å². The fourth-order valence-corrected chi connectivity index (χ4v) is 3.10. The van der Waals surface area contributed by atoms with Gasteiger partial charge in [-0.25, -0.2) is 14.0 Å². The smallest absolute Gasteiger partial charge is 0.412 e. The Labute approximate surface area is 187 Å². The van der Waals surface area contributed by atoms with E-state index in [2.05, 4.69) is 21.2 Å². The molecule has 166 valence electrons. The van der Waals surface area contributed by atoms with E-state index < -0.39 is 35.8 Å². The molecular formula is C22H23BrFNO6. The molecule has 2 rings (SSSR count). The molecule has 0 saturated heterocycles. The number of amides is 1. The highest BCUT2D eigenvalue weighted by molar-refractivity contribution is 9.10. The predicted molar refractivity (Wildman–Crippen MR) is 116 cm³/mol. The van der Waals surface area contributed by atoms with Crippen molar-refractivity contribution in [3.05, 3.63) is 70.5 Å². The summed E-state index contributed by atoms with van der Waals surface area (Å²) in [6, 6.07) is 10.5. The topological polar surface area (TPSA) is 105 Å². The number of aromatic hydroxyl groups is 1. The van der Waals surface area contributed by atoms with Crippen LogP contribution in [0, 0.1) is 5.82 Å². The molecular weight excluding hydrogens is 473 g/mol. The number of allylic oxidation sites excluding steroid dienone is 1. The minimum absolute atomic E-state index is 0.293. The summed E-state index contributed by atoms with van der Waals surface area (Å²) >= 11 is 3.31. The number of benzene rings is 2. The van der Waals surface area contributed by atoms with Crippen LogP contribution in [0.5, 0.6) is 5.75 Å². The second-order valence-electron chi connectivity index (χ2n) is 6.48. The van der Waals surface area contributed by atoms with E-state index in [0.29, 0.717) is 30.7 Å². The lowest BCUT2D eigenvalue weighted by Gasteiger charge is -2.27. The Kier molecular flexibility index (Phi) is 9.48. The molecule has 0 fully saturated rings. The molecule has 9 heteroatoms. The van der Waals surface area contributed by atoms with E-state index in [4.69, 9.17) is 14.6 Å². The molecule has 7 nitrogen and oxygen atoms in total. The molecule has 0 bridgehead atoms. The largest absolute Gasteiger partial charge is 0.505 e. The highest BCUT2D eigenvalue weighted by Gasteiger charge is 2.28. The Morgan fingerprint density at radius 3 is 2.55 bits per heavy atom. The van der Waals surface area contributed by atoms with E-state index in [1.54, 1.807) is 31.2 Å². The number of phenols is 1. The van der Waals surface area contributed by atoms with Gasteiger partial charge in [-0.2, -0.15) is 0 Å². The number of carbonyl (C=O) groups excluding carboxylic acids is 1. The maximum atomic E-state index is 14.0. The average Bonchev–Trinajstić information content (AvgIpc) is 2.72. The number of phenolic OH excluding ortho intramolecular Hbond substituents is 1. The van der Waals surface area contributed by atoms with Crippen LogP contribution in [0.25, 0.3) is 0 Å². The lowest BCUT2D eigenvalue weighted by atomic mass is 9.99. The van der Waals surface area contributed by atoms with E-state index in [0.717, 1.165) is 16.6 Å².